The van der Waals surface area contributed by atoms with Crippen LogP contribution in [0.3, 0.4) is 0 Å². The standard InChI is InChI=1S/C30H31N5O3/c1-18-7-5-12-23-21(18)14-25(32-23)27(36)34(2)26(13-19-8-6-9-19)28(37)35-17-30(15-20(35)16-31)22-10-3-4-11-24(22)33-29(30)38/h3-5,7,10-12,14,19-20,26,32H,6,8-9,13,15,17H2,1-2H3,(H,33,38)/t20-,26-,30-/m0/s1. The molecular weight excluding hydrogens is 478 g/mol. The second kappa shape index (κ2) is 9.02. The average molecular weight is 510 g/mol. The molecule has 3 amide bonds. The van der Waals surface area contributed by atoms with Crippen LogP contribution in [0.1, 0.15) is 53.7 Å². The molecule has 6 rings (SSSR count). The molecular formula is C30H31N5O3. The summed E-state index contributed by atoms with van der Waals surface area (Å²) in [4.78, 5) is 47.4. The number of nitriles is 1. The van der Waals surface area contributed by atoms with Crippen LogP contribution in [0.5, 0.6) is 0 Å². The molecule has 3 atom stereocenters. The van der Waals surface area contributed by atoms with Gasteiger partial charge in [-0.05, 0) is 48.6 Å². The smallest absolute Gasteiger partial charge is 0.270 e. The Morgan fingerprint density at radius 3 is 2.71 bits per heavy atom. The minimum atomic E-state index is -0.953. The van der Waals surface area contributed by atoms with Gasteiger partial charge in [0, 0.05) is 36.6 Å². The van der Waals surface area contributed by atoms with Crippen molar-refractivity contribution in [3.63, 3.8) is 0 Å². The van der Waals surface area contributed by atoms with Crippen molar-refractivity contribution in [2.24, 2.45) is 5.92 Å². The fraction of sp³-hybridized carbons (Fsp3) is 0.400. The summed E-state index contributed by atoms with van der Waals surface area (Å²) in [6, 6.07) is 16.0. The lowest BCUT2D eigenvalue weighted by Gasteiger charge is -2.36. The Morgan fingerprint density at radius 1 is 1.21 bits per heavy atom. The zero-order chi connectivity index (χ0) is 26.6. The molecule has 2 fully saturated rings. The molecule has 38 heavy (non-hydrogen) atoms. The van der Waals surface area contributed by atoms with E-state index in [1.807, 2.05) is 55.5 Å². The predicted molar refractivity (Wildman–Crippen MR) is 143 cm³/mol. The van der Waals surface area contributed by atoms with Crippen LogP contribution in [0.4, 0.5) is 5.69 Å². The third-order valence-electron chi connectivity index (χ3n) is 8.88. The predicted octanol–water partition coefficient (Wildman–Crippen LogP) is 4.12. The van der Waals surface area contributed by atoms with Crippen LogP contribution in [-0.2, 0) is 15.0 Å². The van der Waals surface area contributed by atoms with Gasteiger partial charge in [0.2, 0.25) is 11.8 Å². The van der Waals surface area contributed by atoms with Crippen molar-refractivity contribution in [3.05, 3.63) is 65.4 Å². The van der Waals surface area contributed by atoms with Crippen molar-refractivity contribution in [2.75, 3.05) is 18.9 Å². The fourth-order valence-corrected chi connectivity index (χ4v) is 6.40. The number of carbonyl (C=O) groups excluding carboxylic acids is 3. The Kier molecular flexibility index (Phi) is 5.75. The number of fused-ring (bicyclic) bond motifs is 3. The molecule has 3 heterocycles. The first kappa shape index (κ1) is 24.2. The van der Waals surface area contributed by atoms with Crippen molar-refractivity contribution in [1.82, 2.24) is 14.8 Å². The molecule has 1 saturated carbocycles. The van der Waals surface area contributed by atoms with Crippen LogP contribution in [0.25, 0.3) is 10.9 Å². The quantitative estimate of drug-likeness (QED) is 0.539. The number of amides is 3. The summed E-state index contributed by atoms with van der Waals surface area (Å²) in [7, 11) is 1.67. The number of aromatic amines is 1. The van der Waals surface area contributed by atoms with Gasteiger partial charge in [0.05, 0.1) is 11.5 Å². The van der Waals surface area contributed by atoms with Gasteiger partial charge in [-0.2, -0.15) is 5.26 Å². The highest BCUT2D eigenvalue weighted by atomic mass is 16.2. The zero-order valence-corrected chi connectivity index (χ0v) is 21.7. The first-order valence-electron chi connectivity index (χ1n) is 13.3. The van der Waals surface area contributed by atoms with Gasteiger partial charge in [-0.25, -0.2) is 0 Å². The Hall–Kier alpha value is -4.12. The minimum Gasteiger partial charge on any atom is -0.351 e. The number of aryl methyl sites for hydroxylation is 1. The third-order valence-corrected chi connectivity index (χ3v) is 8.88. The van der Waals surface area contributed by atoms with Crippen molar-refractivity contribution in [2.45, 2.75) is 56.5 Å². The molecule has 3 aliphatic rings. The maximum atomic E-state index is 14.2. The van der Waals surface area contributed by atoms with Gasteiger partial charge >= 0.3 is 0 Å². The number of carbonyl (C=O) groups is 3. The monoisotopic (exact) mass is 509 g/mol. The summed E-state index contributed by atoms with van der Waals surface area (Å²) in [6.07, 6.45) is 3.96. The van der Waals surface area contributed by atoms with Gasteiger partial charge in [-0.15, -0.1) is 0 Å². The van der Waals surface area contributed by atoms with Gasteiger partial charge in [0.25, 0.3) is 5.91 Å². The molecule has 0 radical (unpaired) electrons. The summed E-state index contributed by atoms with van der Waals surface area (Å²) in [5.41, 5.74) is 2.98. The maximum absolute atomic E-state index is 14.2. The summed E-state index contributed by atoms with van der Waals surface area (Å²) in [5, 5.41) is 14.0. The fourth-order valence-electron chi connectivity index (χ4n) is 6.40. The number of hydrogen-bond acceptors (Lipinski definition) is 4. The normalized spacial score (nSPS) is 23.1. The summed E-state index contributed by atoms with van der Waals surface area (Å²) < 4.78 is 0. The highest BCUT2D eigenvalue weighted by molar-refractivity contribution is 6.07. The number of hydrogen-bond donors (Lipinski definition) is 2. The van der Waals surface area contributed by atoms with E-state index in [-0.39, 0.29) is 30.7 Å². The lowest BCUT2D eigenvalue weighted by atomic mass is 9.79. The average Bonchev–Trinajstić information content (AvgIpc) is 3.58. The molecule has 1 aromatic heterocycles. The van der Waals surface area contributed by atoms with Crippen LogP contribution in [0, 0.1) is 24.2 Å². The van der Waals surface area contributed by atoms with Crippen LogP contribution >= 0.6 is 0 Å². The van der Waals surface area contributed by atoms with Crippen molar-refractivity contribution < 1.29 is 14.4 Å². The summed E-state index contributed by atoms with van der Waals surface area (Å²) in [5.74, 6) is -0.343. The number of rotatable bonds is 5. The summed E-state index contributed by atoms with van der Waals surface area (Å²) in [6.45, 7) is 2.13. The molecule has 194 valence electrons. The molecule has 1 saturated heterocycles. The lowest BCUT2D eigenvalue weighted by molar-refractivity contribution is -0.137. The van der Waals surface area contributed by atoms with E-state index in [2.05, 4.69) is 16.4 Å². The number of anilines is 1. The van der Waals surface area contributed by atoms with Gasteiger partial charge < -0.3 is 20.1 Å². The topological polar surface area (TPSA) is 109 Å². The highest BCUT2D eigenvalue weighted by Gasteiger charge is 2.56. The van der Waals surface area contributed by atoms with Crippen LogP contribution in [0.2, 0.25) is 0 Å². The molecule has 2 aromatic carbocycles. The first-order valence-corrected chi connectivity index (χ1v) is 13.3. The van der Waals surface area contributed by atoms with E-state index in [0.717, 1.165) is 47.0 Å². The number of benzene rings is 2. The second-order valence-corrected chi connectivity index (χ2v) is 11.1. The van der Waals surface area contributed by atoms with Crippen LogP contribution in [-0.4, -0.2) is 58.2 Å². The Labute approximate surface area is 221 Å². The van der Waals surface area contributed by atoms with Gasteiger partial charge in [-0.1, -0.05) is 49.6 Å². The SMILES string of the molecule is Cc1cccc2[nH]c(C(=O)N(C)[C@@H](CC3CCC3)C(=O)N3C[C@]4(C[C@H]3C#N)C(=O)Nc3ccccc34)cc12. The largest absolute Gasteiger partial charge is 0.351 e. The first-order chi connectivity index (χ1) is 18.3. The maximum Gasteiger partial charge on any atom is 0.270 e. The van der Waals surface area contributed by atoms with E-state index in [1.165, 1.54) is 4.90 Å². The number of nitrogens with one attached hydrogen (secondary N) is 2. The van der Waals surface area contributed by atoms with E-state index in [4.69, 9.17) is 0 Å². The van der Waals surface area contributed by atoms with Gasteiger partial charge in [0.15, 0.2) is 0 Å². The van der Waals surface area contributed by atoms with Crippen molar-refractivity contribution in [3.8, 4) is 6.07 Å². The number of likely N-dealkylation sites (N-methyl/N-ethyl adjacent to an activating group) is 1. The van der Waals surface area contributed by atoms with Gasteiger partial charge in [0.1, 0.15) is 17.8 Å². The number of para-hydroxylation sites is 1. The molecule has 1 spiro atoms. The Bertz CT molecular complexity index is 1500. The molecule has 8 heteroatoms. The van der Waals surface area contributed by atoms with E-state index in [9.17, 15) is 19.6 Å². The number of H-pyrrole nitrogens is 1. The van der Waals surface area contributed by atoms with E-state index >= 15 is 0 Å². The Balaban J connectivity index is 1.32. The second-order valence-electron chi connectivity index (χ2n) is 11.1. The molecule has 1 aliphatic carbocycles. The number of aromatic nitrogens is 1. The third kappa shape index (κ3) is 3.68. The van der Waals surface area contributed by atoms with E-state index in [1.54, 1.807) is 11.9 Å². The Morgan fingerprint density at radius 2 is 2.00 bits per heavy atom. The van der Waals surface area contributed by atoms with Crippen molar-refractivity contribution in [1.29, 1.82) is 5.26 Å². The molecule has 3 aromatic rings. The molecule has 2 N–H and O–H groups in total. The van der Waals surface area contributed by atoms with Crippen LogP contribution < -0.4 is 5.32 Å². The highest BCUT2D eigenvalue weighted by Crippen LogP contribution is 2.46. The zero-order valence-electron chi connectivity index (χ0n) is 21.7. The molecule has 8 nitrogen and oxygen atoms in total. The number of likely N-dealkylation sites (tertiary alicyclic amines) is 1. The number of nitrogens with zero attached hydrogens (tertiary/aromatic N) is 3. The molecule has 0 bridgehead atoms. The molecule has 0 unspecified atom stereocenters. The van der Waals surface area contributed by atoms with Gasteiger partial charge in [-0.3, -0.25) is 14.4 Å². The minimum absolute atomic E-state index is 0.127. The molecule has 2 aliphatic heterocycles. The lowest BCUT2D eigenvalue weighted by Crippen LogP contribution is -2.52. The summed E-state index contributed by atoms with van der Waals surface area (Å²) >= 11 is 0. The van der Waals surface area contributed by atoms with E-state index in [0.29, 0.717) is 18.0 Å². The van der Waals surface area contributed by atoms with Crippen LogP contribution in [0.15, 0.2) is 48.5 Å². The van der Waals surface area contributed by atoms with Crippen molar-refractivity contribution >= 4 is 34.3 Å². The van der Waals surface area contributed by atoms with E-state index < -0.39 is 17.5 Å².